The van der Waals surface area contributed by atoms with E-state index < -0.39 is 6.09 Å². The van der Waals surface area contributed by atoms with Gasteiger partial charge < -0.3 is 19.3 Å². The highest BCUT2D eigenvalue weighted by Gasteiger charge is 2.26. The molecule has 1 amide bonds. The van der Waals surface area contributed by atoms with Gasteiger partial charge in [0.25, 0.3) is 0 Å². The Bertz CT molecular complexity index is 1250. The van der Waals surface area contributed by atoms with Gasteiger partial charge >= 0.3 is 6.09 Å². The standard InChI is InChI=1S/C24H21ClN4O3/c25-22-21-20(16-6-8-19(9-7-16)32-18-4-2-1-3-5-18)14-29(23(21)27-15-26-22)17-10-12-28(13-11-17)24(30)31/h1-9,14-15,17H,10-13H2,(H,30,31). The maximum Gasteiger partial charge on any atom is 0.407 e. The van der Waals surface area contributed by atoms with E-state index in [1.165, 1.54) is 11.2 Å². The van der Waals surface area contributed by atoms with E-state index in [-0.39, 0.29) is 6.04 Å². The zero-order valence-electron chi connectivity index (χ0n) is 17.2. The Morgan fingerprint density at radius 3 is 2.38 bits per heavy atom. The molecule has 0 bridgehead atoms. The topological polar surface area (TPSA) is 80.5 Å². The van der Waals surface area contributed by atoms with Crippen LogP contribution in [0.1, 0.15) is 18.9 Å². The molecular weight excluding hydrogens is 428 g/mol. The molecule has 0 aliphatic carbocycles. The Hall–Kier alpha value is -3.58. The Labute approximate surface area is 189 Å². The van der Waals surface area contributed by atoms with Gasteiger partial charge in [-0.1, -0.05) is 41.9 Å². The third-order valence-electron chi connectivity index (χ3n) is 5.84. The van der Waals surface area contributed by atoms with Crippen molar-refractivity contribution < 1.29 is 14.6 Å². The number of amides is 1. The summed E-state index contributed by atoms with van der Waals surface area (Å²) in [4.78, 5) is 21.4. The molecule has 0 spiro atoms. The van der Waals surface area contributed by atoms with Gasteiger partial charge in [-0.05, 0) is 42.7 Å². The number of carboxylic acid groups (broad SMARTS) is 1. The first kappa shape index (κ1) is 20.3. The van der Waals surface area contributed by atoms with Gasteiger partial charge in [0, 0.05) is 30.9 Å². The fourth-order valence-corrected chi connectivity index (χ4v) is 4.44. The van der Waals surface area contributed by atoms with Gasteiger partial charge in [-0.2, -0.15) is 0 Å². The summed E-state index contributed by atoms with van der Waals surface area (Å²) in [6.45, 7) is 0.999. The largest absolute Gasteiger partial charge is 0.465 e. The third-order valence-corrected chi connectivity index (χ3v) is 6.12. The maximum absolute atomic E-state index is 11.3. The van der Waals surface area contributed by atoms with E-state index in [4.69, 9.17) is 16.3 Å². The number of halogens is 1. The van der Waals surface area contributed by atoms with Crippen LogP contribution < -0.4 is 4.74 Å². The van der Waals surface area contributed by atoms with Crippen molar-refractivity contribution in [2.24, 2.45) is 0 Å². The number of para-hydroxylation sites is 1. The van der Waals surface area contributed by atoms with Crippen molar-refractivity contribution in [1.82, 2.24) is 19.4 Å². The van der Waals surface area contributed by atoms with Gasteiger partial charge in [0.05, 0.1) is 5.39 Å². The first-order valence-corrected chi connectivity index (χ1v) is 10.8. The lowest BCUT2D eigenvalue weighted by atomic mass is 10.1. The van der Waals surface area contributed by atoms with Crippen molar-refractivity contribution in [3.8, 4) is 22.6 Å². The minimum Gasteiger partial charge on any atom is -0.465 e. The maximum atomic E-state index is 11.3. The van der Waals surface area contributed by atoms with Crippen molar-refractivity contribution >= 4 is 28.7 Å². The molecule has 162 valence electrons. The molecular formula is C24H21ClN4O3. The number of nitrogens with zero attached hydrogens (tertiary/aromatic N) is 4. The van der Waals surface area contributed by atoms with Crippen LogP contribution >= 0.6 is 11.6 Å². The number of hydrogen-bond donors (Lipinski definition) is 1. The third kappa shape index (κ3) is 3.87. The number of carbonyl (C=O) groups is 1. The quantitative estimate of drug-likeness (QED) is 0.395. The summed E-state index contributed by atoms with van der Waals surface area (Å²) < 4.78 is 8.02. The fourth-order valence-electron chi connectivity index (χ4n) is 4.21. The summed E-state index contributed by atoms with van der Waals surface area (Å²) in [5.41, 5.74) is 2.68. The first-order valence-electron chi connectivity index (χ1n) is 10.4. The molecule has 8 heteroatoms. The average Bonchev–Trinajstić information content (AvgIpc) is 3.21. The predicted octanol–water partition coefficient (Wildman–Crippen LogP) is 5.86. The van der Waals surface area contributed by atoms with E-state index in [1.54, 1.807) is 0 Å². The number of likely N-dealkylation sites (tertiary alicyclic amines) is 1. The van der Waals surface area contributed by atoms with Gasteiger partial charge in [-0.3, -0.25) is 0 Å². The highest BCUT2D eigenvalue weighted by molar-refractivity contribution is 6.35. The molecule has 1 aliphatic heterocycles. The second kappa shape index (κ2) is 8.51. The molecule has 1 N–H and O–H groups in total. The van der Waals surface area contributed by atoms with Gasteiger partial charge in [0.2, 0.25) is 0 Å². The number of piperidine rings is 1. The van der Waals surface area contributed by atoms with E-state index in [0.717, 1.165) is 46.5 Å². The smallest absolute Gasteiger partial charge is 0.407 e. The van der Waals surface area contributed by atoms with E-state index in [9.17, 15) is 9.90 Å². The predicted molar refractivity (Wildman–Crippen MR) is 122 cm³/mol. The first-order chi connectivity index (χ1) is 15.6. The van der Waals surface area contributed by atoms with Crippen LogP contribution in [0.25, 0.3) is 22.2 Å². The molecule has 0 radical (unpaired) electrons. The molecule has 2 aromatic carbocycles. The van der Waals surface area contributed by atoms with Crippen LogP contribution in [0.15, 0.2) is 67.1 Å². The Balaban J connectivity index is 1.47. The molecule has 1 fully saturated rings. The summed E-state index contributed by atoms with van der Waals surface area (Å²) in [5.74, 6) is 1.52. The highest BCUT2D eigenvalue weighted by Crippen LogP contribution is 2.38. The molecule has 0 unspecified atom stereocenters. The SMILES string of the molecule is O=C(O)N1CCC(n2cc(-c3ccc(Oc4ccccc4)cc3)c3c(Cl)ncnc32)CC1. The van der Waals surface area contributed by atoms with Crippen molar-refractivity contribution in [2.45, 2.75) is 18.9 Å². The molecule has 2 aromatic heterocycles. The Kier molecular flexibility index (Phi) is 5.41. The van der Waals surface area contributed by atoms with Crippen LogP contribution in [0, 0.1) is 0 Å². The molecule has 3 heterocycles. The summed E-state index contributed by atoms with van der Waals surface area (Å²) >= 11 is 6.49. The Morgan fingerprint density at radius 1 is 1.00 bits per heavy atom. The number of ether oxygens (including phenoxy) is 1. The summed E-state index contributed by atoms with van der Waals surface area (Å²) in [6.07, 6.45) is 4.10. The van der Waals surface area contributed by atoms with Gasteiger partial charge in [-0.15, -0.1) is 0 Å². The minimum atomic E-state index is -0.871. The monoisotopic (exact) mass is 448 g/mol. The molecule has 0 saturated carbocycles. The molecule has 0 atom stereocenters. The lowest BCUT2D eigenvalue weighted by Crippen LogP contribution is -2.38. The molecule has 7 nitrogen and oxygen atoms in total. The number of rotatable bonds is 4. The van der Waals surface area contributed by atoms with Gasteiger partial charge in [0.1, 0.15) is 28.6 Å². The zero-order chi connectivity index (χ0) is 22.1. The normalized spacial score (nSPS) is 14.6. The Morgan fingerprint density at radius 2 is 1.69 bits per heavy atom. The van der Waals surface area contributed by atoms with Crippen LogP contribution in [0.2, 0.25) is 5.15 Å². The van der Waals surface area contributed by atoms with Crippen LogP contribution in [0.4, 0.5) is 4.79 Å². The van der Waals surface area contributed by atoms with Gasteiger partial charge in [0.15, 0.2) is 0 Å². The van der Waals surface area contributed by atoms with Crippen LogP contribution in [0.3, 0.4) is 0 Å². The lowest BCUT2D eigenvalue weighted by molar-refractivity contribution is 0.126. The number of hydrogen-bond acceptors (Lipinski definition) is 4. The van der Waals surface area contributed by atoms with Crippen molar-refractivity contribution in [3.63, 3.8) is 0 Å². The molecule has 5 rings (SSSR count). The molecule has 1 saturated heterocycles. The zero-order valence-corrected chi connectivity index (χ0v) is 17.9. The van der Waals surface area contributed by atoms with E-state index in [2.05, 4.69) is 20.7 Å². The molecule has 4 aromatic rings. The molecule has 1 aliphatic rings. The van der Waals surface area contributed by atoms with Crippen LogP contribution in [-0.2, 0) is 0 Å². The van der Waals surface area contributed by atoms with Gasteiger partial charge in [-0.25, -0.2) is 14.8 Å². The highest BCUT2D eigenvalue weighted by atomic mass is 35.5. The number of aromatic nitrogens is 3. The van der Waals surface area contributed by atoms with E-state index in [0.29, 0.717) is 18.2 Å². The van der Waals surface area contributed by atoms with Crippen molar-refractivity contribution in [3.05, 3.63) is 72.3 Å². The minimum absolute atomic E-state index is 0.147. The van der Waals surface area contributed by atoms with E-state index in [1.807, 2.05) is 54.6 Å². The van der Waals surface area contributed by atoms with Crippen LogP contribution in [0.5, 0.6) is 11.5 Å². The van der Waals surface area contributed by atoms with Crippen LogP contribution in [-0.4, -0.2) is 43.7 Å². The second-order valence-corrected chi connectivity index (χ2v) is 8.11. The lowest BCUT2D eigenvalue weighted by Gasteiger charge is -2.31. The van der Waals surface area contributed by atoms with E-state index >= 15 is 0 Å². The summed E-state index contributed by atoms with van der Waals surface area (Å²) in [7, 11) is 0. The second-order valence-electron chi connectivity index (χ2n) is 7.75. The number of fused-ring (bicyclic) bond motifs is 1. The fraction of sp³-hybridized carbons (Fsp3) is 0.208. The molecule has 32 heavy (non-hydrogen) atoms. The summed E-state index contributed by atoms with van der Waals surface area (Å²) in [6, 6.07) is 17.6. The summed E-state index contributed by atoms with van der Waals surface area (Å²) in [5, 5.41) is 10.4. The average molecular weight is 449 g/mol. The number of benzene rings is 2. The van der Waals surface area contributed by atoms with Crippen molar-refractivity contribution in [1.29, 1.82) is 0 Å². The van der Waals surface area contributed by atoms with Crippen molar-refractivity contribution in [2.75, 3.05) is 13.1 Å².